The summed E-state index contributed by atoms with van der Waals surface area (Å²) in [5, 5.41) is 13.2. The van der Waals surface area contributed by atoms with E-state index >= 15 is 0 Å². The smallest absolute Gasteiger partial charge is 0.225 e. The van der Waals surface area contributed by atoms with E-state index in [0.717, 1.165) is 27.6 Å². The second-order valence-corrected chi connectivity index (χ2v) is 8.89. The Morgan fingerprint density at radius 1 is 1.30 bits per heavy atom. The van der Waals surface area contributed by atoms with Gasteiger partial charge in [-0.05, 0) is 30.0 Å². The molecule has 9 heteroatoms. The monoisotopic (exact) mass is 463 g/mol. The van der Waals surface area contributed by atoms with Gasteiger partial charge in [0.2, 0.25) is 11.8 Å². The molecule has 3 heterocycles. The first-order chi connectivity index (χ1) is 16.1. The van der Waals surface area contributed by atoms with E-state index in [1.54, 1.807) is 19.5 Å². The van der Waals surface area contributed by atoms with Crippen LogP contribution in [0.4, 0.5) is 5.00 Å². The minimum absolute atomic E-state index is 0.0614. The number of methoxy groups -OCH3 is 1. The lowest BCUT2D eigenvalue weighted by molar-refractivity contribution is -0.132. The molecule has 4 rings (SSSR count). The van der Waals surface area contributed by atoms with Crippen molar-refractivity contribution in [2.45, 2.75) is 38.6 Å². The van der Waals surface area contributed by atoms with E-state index in [4.69, 9.17) is 4.74 Å². The first kappa shape index (κ1) is 22.6. The molecule has 1 aliphatic rings. The zero-order valence-electron chi connectivity index (χ0n) is 18.4. The second kappa shape index (κ2) is 10.3. The number of carbonyl (C=O) groups is 2. The number of fused-ring (bicyclic) bond motifs is 1. The lowest BCUT2D eigenvalue weighted by Gasteiger charge is -2.27. The number of nitrogens with zero attached hydrogens (tertiary/aromatic N) is 3. The largest absolute Gasteiger partial charge is 0.496 e. The molecule has 1 aromatic carbocycles. The Balaban J connectivity index is 1.38. The van der Waals surface area contributed by atoms with Crippen LogP contribution < -0.4 is 10.1 Å². The van der Waals surface area contributed by atoms with Crippen LogP contribution in [0.15, 0.2) is 36.7 Å². The normalized spacial score (nSPS) is 12.7. The molecular formula is C24H25N5O3S. The number of rotatable bonds is 8. The predicted octanol–water partition coefficient (Wildman–Crippen LogP) is 3.44. The molecule has 2 aromatic heterocycles. The van der Waals surface area contributed by atoms with Gasteiger partial charge in [-0.15, -0.1) is 11.3 Å². The summed E-state index contributed by atoms with van der Waals surface area (Å²) in [5.41, 5.74) is 2.42. The number of imidazole rings is 1. The van der Waals surface area contributed by atoms with E-state index in [-0.39, 0.29) is 18.2 Å². The number of anilines is 1. The Morgan fingerprint density at radius 2 is 2.15 bits per heavy atom. The number of benzene rings is 1. The Hall–Kier alpha value is -3.64. The molecule has 0 atom stereocenters. The maximum atomic E-state index is 12.7. The standard InChI is InChI=1S/C24H25N5O3S/c1-32-19-5-3-2-4-16(19)6-8-22(30)28-24-18(14-25)17-10-13-29(15-20(17)33-24)23(31)9-7-21-26-11-12-27-21/h2-5,11-12H,6-10,13,15H2,1H3,(H,26,27)(H,28,30). The fraction of sp³-hybridized carbons (Fsp3) is 0.333. The lowest BCUT2D eigenvalue weighted by Crippen LogP contribution is -2.35. The van der Waals surface area contributed by atoms with Gasteiger partial charge >= 0.3 is 0 Å². The molecule has 0 unspecified atom stereocenters. The van der Waals surface area contributed by atoms with Crippen molar-refractivity contribution in [3.05, 3.63) is 64.1 Å². The molecular weight excluding hydrogens is 438 g/mol. The molecule has 0 fully saturated rings. The molecule has 170 valence electrons. The molecule has 0 aliphatic carbocycles. The van der Waals surface area contributed by atoms with Crippen molar-refractivity contribution < 1.29 is 14.3 Å². The number of H-pyrrole nitrogens is 1. The van der Waals surface area contributed by atoms with Crippen molar-refractivity contribution in [3.63, 3.8) is 0 Å². The number of amides is 2. The fourth-order valence-electron chi connectivity index (χ4n) is 3.99. The van der Waals surface area contributed by atoms with Gasteiger partial charge in [0, 0.05) is 43.1 Å². The Morgan fingerprint density at radius 3 is 2.91 bits per heavy atom. The number of nitrogens with one attached hydrogen (secondary N) is 2. The molecule has 1 aliphatic heterocycles. The second-order valence-electron chi connectivity index (χ2n) is 7.78. The van der Waals surface area contributed by atoms with Crippen LogP contribution in [0.1, 0.15) is 40.2 Å². The summed E-state index contributed by atoms with van der Waals surface area (Å²) in [5.74, 6) is 1.46. The van der Waals surface area contributed by atoms with E-state index in [9.17, 15) is 14.9 Å². The third-order valence-electron chi connectivity index (χ3n) is 5.72. The van der Waals surface area contributed by atoms with Crippen molar-refractivity contribution >= 4 is 28.2 Å². The topological polar surface area (TPSA) is 111 Å². The van der Waals surface area contributed by atoms with Crippen LogP contribution in [0, 0.1) is 11.3 Å². The van der Waals surface area contributed by atoms with Gasteiger partial charge in [-0.25, -0.2) is 4.98 Å². The maximum absolute atomic E-state index is 12.7. The third-order valence-corrected chi connectivity index (χ3v) is 6.85. The van der Waals surface area contributed by atoms with E-state index in [0.29, 0.717) is 49.3 Å². The third kappa shape index (κ3) is 5.23. The van der Waals surface area contributed by atoms with Gasteiger partial charge in [-0.3, -0.25) is 9.59 Å². The molecule has 8 nitrogen and oxygen atoms in total. The zero-order valence-corrected chi connectivity index (χ0v) is 19.2. The van der Waals surface area contributed by atoms with Crippen molar-refractivity contribution in [1.82, 2.24) is 14.9 Å². The summed E-state index contributed by atoms with van der Waals surface area (Å²) in [4.78, 5) is 35.2. The molecule has 0 saturated heterocycles. The highest BCUT2D eigenvalue weighted by atomic mass is 32.1. The average Bonchev–Trinajstić information content (AvgIpc) is 3.48. The van der Waals surface area contributed by atoms with Gasteiger partial charge in [0.05, 0.1) is 19.2 Å². The first-order valence-electron chi connectivity index (χ1n) is 10.8. The Kier molecular flexibility index (Phi) is 7.05. The molecule has 0 bridgehead atoms. The summed E-state index contributed by atoms with van der Waals surface area (Å²) in [6.45, 7) is 1.03. The van der Waals surface area contributed by atoms with Gasteiger partial charge in [-0.1, -0.05) is 18.2 Å². The SMILES string of the molecule is COc1ccccc1CCC(=O)Nc1sc2c(c1C#N)CCN(C(=O)CCc1ncc[nH]1)C2. The summed E-state index contributed by atoms with van der Waals surface area (Å²) in [6, 6.07) is 9.87. The molecule has 3 aromatic rings. The van der Waals surface area contributed by atoms with Crippen LogP contribution in [0.2, 0.25) is 0 Å². The number of para-hydroxylation sites is 1. The summed E-state index contributed by atoms with van der Waals surface area (Å²) in [7, 11) is 1.61. The predicted molar refractivity (Wildman–Crippen MR) is 125 cm³/mol. The Bertz CT molecular complexity index is 1180. The Labute approximate surface area is 196 Å². The maximum Gasteiger partial charge on any atom is 0.225 e. The fourth-order valence-corrected chi connectivity index (χ4v) is 5.22. The van der Waals surface area contributed by atoms with Crippen molar-refractivity contribution in [1.29, 1.82) is 5.26 Å². The van der Waals surface area contributed by atoms with E-state index in [1.807, 2.05) is 29.2 Å². The zero-order chi connectivity index (χ0) is 23.2. The van der Waals surface area contributed by atoms with Crippen molar-refractivity contribution in [2.24, 2.45) is 0 Å². The highest BCUT2D eigenvalue weighted by molar-refractivity contribution is 7.16. The number of carbonyl (C=O) groups excluding carboxylic acids is 2. The van der Waals surface area contributed by atoms with E-state index in [2.05, 4.69) is 21.4 Å². The quantitative estimate of drug-likeness (QED) is 0.532. The van der Waals surface area contributed by atoms with Gasteiger partial charge in [0.25, 0.3) is 0 Å². The van der Waals surface area contributed by atoms with Gasteiger partial charge in [0.1, 0.15) is 22.6 Å². The molecule has 33 heavy (non-hydrogen) atoms. The minimum atomic E-state index is -0.151. The van der Waals surface area contributed by atoms with E-state index < -0.39 is 0 Å². The summed E-state index contributed by atoms with van der Waals surface area (Å²) in [6.07, 6.45) is 5.80. The molecule has 0 radical (unpaired) electrons. The van der Waals surface area contributed by atoms with Crippen LogP contribution >= 0.6 is 11.3 Å². The highest BCUT2D eigenvalue weighted by Crippen LogP contribution is 2.37. The average molecular weight is 464 g/mol. The van der Waals surface area contributed by atoms with Crippen LogP contribution in [0.5, 0.6) is 5.75 Å². The lowest BCUT2D eigenvalue weighted by atomic mass is 10.0. The highest BCUT2D eigenvalue weighted by Gasteiger charge is 2.27. The van der Waals surface area contributed by atoms with Gasteiger partial charge < -0.3 is 19.9 Å². The van der Waals surface area contributed by atoms with Gasteiger partial charge in [-0.2, -0.15) is 5.26 Å². The number of ether oxygens (including phenoxy) is 1. The number of thiophene rings is 1. The molecule has 2 N–H and O–H groups in total. The van der Waals surface area contributed by atoms with Crippen LogP contribution in [0.3, 0.4) is 0 Å². The summed E-state index contributed by atoms with van der Waals surface area (Å²) < 4.78 is 5.35. The van der Waals surface area contributed by atoms with E-state index in [1.165, 1.54) is 11.3 Å². The molecule has 2 amide bonds. The van der Waals surface area contributed by atoms with Crippen molar-refractivity contribution in [2.75, 3.05) is 19.0 Å². The van der Waals surface area contributed by atoms with Crippen LogP contribution in [-0.4, -0.2) is 40.3 Å². The number of aromatic nitrogens is 2. The summed E-state index contributed by atoms with van der Waals surface area (Å²) >= 11 is 1.39. The van der Waals surface area contributed by atoms with Crippen LogP contribution in [-0.2, 0) is 35.4 Å². The van der Waals surface area contributed by atoms with Crippen LogP contribution in [0.25, 0.3) is 0 Å². The number of hydrogen-bond donors (Lipinski definition) is 2. The van der Waals surface area contributed by atoms with Crippen molar-refractivity contribution in [3.8, 4) is 11.8 Å². The minimum Gasteiger partial charge on any atom is -0.496 e. The van der Waals surface area contributed by atoms with Gasteiger partial charge in [0.15, 0.2) is 0 Å². The number of aromatic amines is 1. The molecule has 0 saturated carbocycles. The first-order valence-corrected chi connectivity index (χ1v) is 11.6. The number of hydrogen-bond acceptors (Lipinski definition) is 6. The number of nitriles is 1. The number of aryl methyl sites for hydroxylation is 2. The molecule has 0 spiro atoms.